The number of rotatable bonds is 4. The van der Waals surface area contributed by atoms with Crippen molar-refractivity contribution < 1.29 is 17.6 Å². The molecule has 1 aliphatic heterocycles. The van der Waals surface area contributed by atoms with Crippen LogP contribution in [0, 0.1) is 29.2 Å². The Morgan fingerprint density at radius 2 is 1.85 bits per heavy atom. The summed E-state index contributed by atoms with van der Waals surface area (Å²) in [4.78, 5) is 21.1. The summed E-state index contributed by atoms with van der Waals surface area (Å²) in [5, 5.41) is 0. The number of aromatic amines is 1. The quantitative estimate of drug-likeness (QED) is 0.668. The van der Waals surface area contributed by atoms with E-state index >= 15 is 0 Å². The van der Waals surface area contributed by atoms with Crippen LogP contribution in [0.5, 0.6) is 0 Å². The van der Waals surface area contributed by atoms with Gasteiger partial charge in [-0.1, -0.05) is 0 Å². The van der Waals surface area contributed by atoms with Crippen molar-refractivity contribution in [3.8, 4) is 0 Å². The minimum absolute atomic E-state index is 0.181. The molecule has 2 heterocycles. The number of nitrogens with one attached hydrogen (secondary N) is 1. The molecule has 0 spiro atoms. The maximum Gasteiger partial charge on any atom is 0.254 e. The molecule has 8 heteroatoms. The first-order chi connectivity index (χ1) is 12.4. The Balaban J connectivity index is 1.59. The molecule has 1 saturated carbocycles. The number of fused-ring (bicyclic) bond motifs is 1. The lowest BCUT2D eigenvalue weighted by Crippen LogP contribution is -2.36. The number of halogens is 4. The van der Waals surface area contributed by atoms with Crippen molar-refractivity contribution in [1.29, 1.82) is 0 Å². The Morgan fingerprint density at radius 1 is 1.15 bits per heavy atom. The minimum Gasteiger partial charge on any atom is -0.310 e. The molecule has 0 amide bonds. The zero-order chi connectivity index (χ0) is 18.4. The molecular weight excluding hydrogens is 350 g/mol. The van der Waals surface area contributed by atoms with Crippen LogP contribution in [0.15, 0.2) is 10.9 Å². The van der Waals surface area contributed by atoms with E-state index in [-0.39, 0.29) is 24.7 Å². The Bertz CT molecular complexity index is 897. The summed E-state index contributed by atoms with van der Waals surface area (Å²) >= 11 is 0. The maximum absolute atomic E-state index is 13.9. The lowest BCUT2D eigenvalue weighted by molar-refractivity contribution is 0.230. The summed E-state index contributed by atoms with van der Waals surface area (Å²) in [5.41, 5.74) is 0.300. The first-order valence-corrected chi connectivity index (χ1v) is 8.57. The van der Waals surface area contributed by atoms with E-state index in [1.807, 2.05) is 0 Å². The van der Waals surface area contributed by atoms with Crippen LogP contribution in [0.4, 0.5) is 17.6 Å². The molecule has 1 aromatic carbocycles. The highest BCUT2D eigenvalue weighted by atomic mass is 19.2. The van der Waals surface area contributed by atoms with Crippen molar-refractivity contribution in [3.63, 3.8) is 0 Å². The van der Waals surface area contributed by atoms with E-state index in [1.54, 1.807) is 4.90 Å². The van der Waals surface area contributed by atoms with Crippen LogP contribution in [-0.4, -0.2) is 21.4 Å². The smallest absolute Gasteiger partial charge is 0.254 e. The van der Waals surface area contributed by atoms with Crippen molar-refractivity contribution in [2.75, 3.05) is 6.54 Å². The van der Waals surface area contributed by atoms with Gasteiger partial charge in [-0.15, -0.1) is 0 Å². The van der Waals surface area contributed by atoms with Gasteiger partial charge in [0.2, 0.25) is 0 Å². The summed E-state index contributed by atoms with van der Waals surface area (Å²) in [6, 6.07) is 0.199. The molecule has 138 valence electrons. The van der Waals surface area contributed by atoms with E-state index in [2.05, 4.69) is 9.97 Å². The average molecular weight is 367 g/mol. The van der Waals surface area contributed by atoms with Gasteiger partial charge in [-0.2, -0.15) is 0 Å². The lowest BCUT2D eigenvalue weighted by Gasteiger charge is -2.28. The maximum atomic E-state index is 13.9. The largest absolute Gasteiger partial charge is 0.310 e. The van der Waals surface area contributed by atoms with E-state index in [0.29, 0.717) is 42.4 Å². The van der Waals surface area contributed by atoms with Gasteiger partial charge in [0, 0.05) is 43.2 Å². The van der Waals surface area contributed by atoms with Crippen molar-refractivity contribution in [2.45, 2.75) is 38.8 Å². The molecule has 26 heavy (non-hydrogen) atoms. The normalized spacial score (nSPS) is 17.4. The fourth-order valence-corrected chi connectivity index (χ4v) is 3.36. The van der Waals surface area contributed by atoms with Gasteiger partial charge in [0.1, 0.15) is 5.82 Å². The molecule has 0 radical (unpaired) electrons. The monoisotopic (exact) mass is 367 g/mol. The van der Waals surface area contributed by atoms with Crippen molar-refractivity contribution >= 4 is 0 Å². The first-order valence-electron chi connectivity index (χ1n) is 8.57. The van der Waals surface area contributed by atoms with E-state index in [0.717, 1.165) is 12.8 Å². The van der Waals surface area contributed by atoms with Crippen LogP contribution in [0.25, 0.3) is 0 Å². The molecule has 2 aromatic rings. The molecule has 0 bridgehead atoms. The lowest BCUT2D eigenvalue weighted by atomic mass is 10.0. The number of H-pyrrole nitrogens is 1. The van der Waals surface area contributed by atoms with Gasteiger partial charge in [-0.05, 0) is 25.2 Å². The number of hydrogen-bond acceptors (Lipinski definition) is 3. The van der Waals surface area contributed by atoms with Crippen molar-refractivity contribution in [2.24, 2.45) is 5.92 Å². The number of aromatic nitrogens is 2. The highest BCUT2D eigenvalue weighted by Gasteiger charge is 2.27. The van der Waals surface area contributed by atoms with Crippen molar-refractivity contribution in [1.82, 2.24) is 14.9 Å². The minimum atomic E-state index is -1.42. The van der Waals surface area contributed by atoms with E-state index in [4.69, 9.17) is 0 Å². The molecule has 4 nitrogen and oxygen atoms in total. The second-order valence-corrected chi connectivity index (χ2v) is 6.99. The zero-order valence-electron chi connectivity index (χ0n) is 13.9. The molecule has 0 atom stereocenters. The molecule has 0 unspecified atom stereocenters. The Morgan fingerprint density at radius 3 is 2.50 bits per heavy atom. The summed E-state index contributed by atoms with van der Waals surface area (Å²) in [6.45, 7) is 0.253. The third kappa shape index (κ3) is 3.25. The fourth-order valence-electron chi connectivity index (χ4n) is 3.36. The van der Waals surface area contributed by atoms with Crippen LogP contribution in [0.1, 0.15) is 35.5 Å². The number of hydrogen-bond donors (Lipinski definition) is 1. The predicted octanol–water partition coefficient (Wildman–Crippen LogP) is 2.84. The van der Waals surface area contributed by atoms with Crippen molar-refractivity contribution in [3.05, 3.63) is 62.3 Å². The highest BCUT2D eigenvalue weighted by Crippen LogP contribution is 2.31. The third-order valence-corrected chi connectivity index (χ3v) is 4.96. The van der Waals surface area contributed by atoms with Gasteiger partial charge in [-0.3, -0.25) is 9.69 Å². The average Bonchev–Trinajstić information content (AvgIpc) is 3.40. The zero-order valence-corrected chi connectivity index (χ0v) is 13.9. The second kappa shape index (κ2) is 6.50. The molecule has 1 N–H and O–H groups in total. The molecule has 1 aromatic heterocycles. The first kappa shape index (κ1) is 17.2. The summed E-state index contributed by atoms with van der Waals surface area (Å²) in [7, 11) is 0. The van der Waals surface area contributed by atoms with Crippen LogP contribution >= 0.6 is 0 Å². The highest BCUT2D eigenvalue weighted by molar-refractivity contribution is 5.25. The van der Waals surface area contributed by atoms with Gasteiger partial charge in [0.05, 0.1) is 5.69 Å². The summed E-state index contributed by atoms with van der Waals surface area (Å²) in [5.74, 6) is -4.44. The second-order valence-electron chi connectivity index (χ2n) is 6.99. The predicted molar refractivity (Wildman–Crippen MR) is 85.4 cm³/mol. The molecule has 2 aliphatic rings. The number of benzene rings is 1. The van der Waals surface area contributed by atoms with Gasteiger partial charge < -0.3 is 4.98 Å². The number of nitrogens with zero attached hydrogens (tertiary/aromatic N) is 2. The molecule has 4 rings (SSSR count). The topological polar surface area (TPSA) is 49.0 Å². The standard InChI is InChI=1S/C18H17F4N3O/c19-12-6-13(20)17(22)11(16(12)21)7-25-4-3-10-14(8-25)23-15(24-18(10)26)5-9-1-2-9/h6,9H,1-5,7-8H2,(H,23,24,26). The molecule has 1 aliphatic carbocycles. The van der Waals surface area contributed by atoms with Gasteiger partial charge in [0.15, 0.2) is 23.3 Å². The Labute approximate surface area is 146 Å². The van der Waals surface area contributed by atoms with Gasteiger partial charge >= 0.3 is 0 Å². The van der Waals surface area contributed by atoms with E-state index in [1.165, 1.54) is 0 Å². The van der Waals surface area contributed by atoms with Gasteiger partial charge in [-0.25, -0.2) is 22.5 Å². The third-order valence-electron chi connectivity index (χ3n) is 4.96. The Hall–Kier alpha value is -2.22. The summed E-state index contributed by atoms with van der Waals surface area (Å²) < 4.78 is 54.6. The van der Waals surface area contributed by atoms with E-state index in [9.17, 15) is 22.4 Å². The van der Waals surface area contributed by atoms with Crippen LogP contribution in [0.3, 0.4) is 0 Å². The van der Waals surface area contributed by atoms with Crippen LogP contribution < -0.4 is 5.56 Å². The fraction of sp³-hybridized carbons (Fsp3) is 0.444. The summed E-state index contributed by atoms with van der Waals surface area (Å²) in [6.07, 6.45) is 3.32. The SMILES string of the molecule is O=c1[nH]c(CC2CC2)nc2c1CCN(Cc1c(F)c(F)cc(F)c1F)C2. The Kier molecular flexibility index (Phi) is 4.30. The molecule has 1 fully saturated rings. The molecule has 0 saturated heterocycles. The molecular formula is C18H17F4N3O. The van der Waals surface area contributed by atoms with Crippen LogP contribution in [-0.2, 0) is 25.9 Å². The van der Waals surface area contributed by atoms with E-state index < -0.39 is 28.8 Å². The van der Waals surface area contributed by atoms with Gasteiger partial charge in [0.25, 0.3) is 5.56 Å². The van der Waals surface area contributed by atoms with Crippen LogP contribution in [0.2, 0.25) is 0 Å².